The Morgan fingerprint density at radius 2 is 1.47 bits per heavy atom. The molecule has 0 aromatic heterocycles. The maximum absolute atomic E-state index is 15.7. The van der Waals surface area contributed by atoms with Crippen LogP contribution >= 0.6 is 0 Å². The molecule has 0 N–H and O–H groups in total. The van der Waals surface area contributed by atoms with Crippen LogP contribution in [0.1, 0.15) is 61.6 Å². The molecule has 8 heteroatoms. The van der Waals surface area contributed by atoms with Crippen molar-refractivity contribution in [3.05, 3.63) is 82.4 Å². The molecule has 192 valence electrons. The third-order valence-corrected chi connectivity index (χ3v) is 6.96. The molecule has 4 rings (SSSR count). The lowest BCUT2D eigenvalue weighted by Crippen LogP contribution is -2.15. The summed E-state index contributed by atoms with van der Waals surface area (Å²) in [6.07, 6.45) is -1.15. The second kappa shape index (κ2) is 10.1. The van der Waals surface area contributed by atoms with Crippen LogP contribution in [0.2, 0.25) is 0 Å². The highest BCUT2D eigenvalue weighted by Gasteiger charge is 2.38. The van der Waals surface area contributed by atoms with Crippen molar-refractivity contribution in [2.45, 2.75) is 58.0 Å². The third-order valence-electron chi connectivity index (χ3n) is 6.96. The second-order valence-electron chi connectivity index (χ2n) is 9.27. The zero-order valence-corrected chi connectivity index (χ0v) is 19.8. The van der Waals surface area contributed by atoms with Gasteiger partial charge in [-0.3, -0.25) is 0 Å². The van der Waals surface area contributed by atoms with E-state index in [0.29, 0.717) is 30.9 Å². The van der Waals surface area contributed by atoms with E-state index in [-0.39, 0.29) is 39.7 Å². The smallest absolute Gasteiger partial charge is 0.422 e. The van der Waals surface area contributed by atoms with Gasteiger partial charge >= 0.3 is 6.18 Å². The van der Waals surface area contributed by atoms with Crippen LogP contribution in [0.3, 0.4) is 0 Å². The molecule has 0 radical (unpaired) electrons. The molecular weight excluding hydrogens is 485 g/mol. The van der Waals surface area contributed by atoms with Crippen molar-refractivity contribution in [1.29, 1.82) is 0 Å². The van der Waals surface area contributed by atoms with E-state index in [2.05, 4.69) is 6.92 Å². The number of halogens is 7. The number of aryl methyl sites for hydroxylation is 1. The first-order valence-electron chi connectivity index (χ1n) is 11.8. The predicted octanol–water partition coefficient (Wildman–Crippen LogP) is 9.71. The zero-order chi connectivity index (χ0) is 26.2. The van der Waals surface area contributed by atoms with E-state index in [1.807, 2.05) is 0 Å². The van der Waals surface area contributed by atoms with Gasteiger partial charge < -0.3 is 4.74 Å². The minimum Gasteiger partial charge on any atom is -0.453 e. The standard InChI is InChI=1S/C28H25F7O/c1-3-16-8-10-17(11-9-16)24-20(29)12-15(2)27(26(24)32)36-23-7-5-4-6-19(23)18-13-21(30)25(22(31)14-18)28(33,34)35/h4-7,12-14,16-17H,3,8-11H2,1-2H3/t16-,17-. The quantitative estimate of drug-likeness (QED) is 0.311. The molecule has 1 saturated carbocycles. The van der Waals surface area contributed by atoms with Crippen LogP contribution < -0.4 is 4.74 Å². The predicted molar refractivity (Wildman–Crippen MR) is 123 cm³/mol. The summed E-state index contributed by atoms with van der Waals surface area (Å²) in [4.78, 5) is 0. The summed E-state index contributed by atoms with van der Waals surface area (Å²) in [5.41, 5.74) is -2.03. The summed E-state index contributed by atoms with van der Waals surface area (Å²) in [5, 5.41) is 0. The molecule has 1 aliphatic carbocycles. The van der Waals surface area contributed by atoms with Gasteiger partial charge in [-0.15, -0.1) is 0 Å². The van der Waals surface area contributed by atoms with E-state index in [9.17, 15) is 26.3 Å². The van der Waals surface area contributed by atoms with E-state index in [4.69, 9.17) is 4.74 Å². The highest BCUT2D eigenvalue weighted by molar-refractivity contribution is 5.71. The van der Waals surface area contributed by atoms with Gasteiger partial charge in [-0.25, -0.2) is 17.6 Å². The maximum Gasteiger partial charge on any atom is 0.422 e. The fraction of sp³-hybridized carbons (Fsp3) is 0.357. The number of rotatable bonds is 5. The van der Waals surface area contributed by atoms with E-state index in [0.717, 1.165) is 19.3 Å². The van der Waals surface area contributed by atoms with Crippen molar-refractivity contribution in [2.75, 3.05) is 0 Å². The van der Waals surface area contributed by atoms with Crippen LogP contribution in [-0.2, 0) is 6.18 Å². The Balaban J connectivity index is 1.73. The fourth-order valence-electron chi connectivity index (χ4n) is 5.00. The summed E-state index contributed by atoms with van der Waals surface area (Å²) in [5.74, 6) is -5.09. The minimum absolute atomic E-state index is 0.0368. The first kappa shape index (κ1) is 26.0. The molecule has 3 aromatic carbocycles. The van der Waals surface area contributed by atoms with Gasteiger partial charge in [-0.2, -0.15) is 13.2 Å². The van der Waals surface area contributed by atoms with Crippen molar-refractivity contribution >= 4 is 0 Å². The number of hydrogen-bond acceptors (Lipinski definition) is 1. The lowest BCUT2D eigenvalue weighted by Gasteiger charge is -2.29. The lowest BCUT2D eigenvalue weighted by molar-refractivity contribution is -0.142. The van der Waals surface area contributed by atoms with Gasteiger partial charge in [0.05, 0.1) is 0 Å². The van der Waals surface area contributed by atoms with Crippen molar-refractivity contribution in [2.24, 2.45) is 5.92 Å². The minimum atomic E-state index is -5.20. The molecule has 0 aliphatic heterocycles. The van der Waals surface area contributed by atoms with Gasteiger partial charge in [0.25, 0.3) is 0 Å². The molecule has 36 heavy (non-hydrogen) atoms. The molecule has 1 fully saturated rings. The maximum atomic E-state index is 15.7. The van der Waals surface area contributed by atoms with Crippen LogP contribution in [0.5, 0.6) is 11.5 Å². The van der Waals surface area contributed by atoms with Gasteiger partial charge in [0.15, 0.2) is 11.6 Å². The Morgan fingerprint density at radius 3 is 2.06 bits per heavy atom. The average molecular weight is 510 g/mol. The number of hydrogen-bond donors (Lipinski definition) is 0. The van der Waals surface area contributed by atoms with Gasteiger partial charge in [0.1, 0.15) is 28.8 Å². The van der Waals surface area contributed by atoms with Gasteiger partial charge in [0.2, 0.25) is 0 Å². The van der Waals surface area contributed by atoms with E-state index in [1.54, 1.807) is 0 Å². The van der Waals surface area contributed by atoms with Crippen LogP contribution in [0.4, 0.5) is 30.7 Å². The van der Waals surface area contributed by atoms with Gasteiger partial charge in [-0.1, -0.05) is 31.5 Å². The Bertz CT molecular complexity index is 1230. The monoisotopic (exact) mass is 510 g/mol. The number of alkyl halides is 3. The van der Waals surface area contributed by atoms with E-state index < -0.39 is 35.0 Å². The van der Waals surface area contributed by atoms with Crippen LogP contribution in [0.15, 0.2) is 42.5 Å². The normalized spacial score (nSPS) is 18.4. The topological polar surface area (TPSA) is 9.23 Å². The lowest BCUT2D eigenvalue weighted by atomic mass is 9.77. The average Bonchev–Trinajstić information content (AvgIpc) is 2.81. The molecule has 0 atom stereocenters. The van der Waals surface area contributed by atoms with Crippen molar-refractivity contribution in [3.8, 4) is 22.6 Å². The molecule has 0 amide bonds. The van der Waals surface area contributed by atoms with Crippen LogP contribution in [-0.4, -0.2) is 0 Å². The van der Waals surface area contributed by atoms with E-state index in [1.165, 1.54) is 37.3 Å². The number of benzene rings is 3. The van der Waals surface area contributed by atoms with Gasteiger partial charge in [-0.05, 0) is 79.8 Å². The third kappa shape index (κ3) is 5.08. The molecule has 1 aliphatic rings. The summed E-state index contributed by atoms with van der Waals surface area (Å²) in [7, 11) is 0. The molecule has 0 heterocycles. The molecule has 0 unspecified atom stereocenters. The summed E-state index contributed by atoms with van der Waals surface area (Å²) >= 11 is 0. The van der Waals surface area contributed by atoms with Crippen LogP contribution in [0.25, 0.3) is 11.1 Å². The summed E-state index contributed by atoms with van der Waals surface area (Å²) in [6, 6.07) is 8.12. The van der Waals surface area contributed by atoms with Crippen molar-refractivity contribution in [3.63, 3.8) is 0 Å². The van der Waals surface area contributed by atoms with Gasteiger partial charge in [0, 0.05) is 11.1 Å². The Morgan fingerprint density at radius 1 is 0.861 bits per heavy atom. The first-order valence-corrected chi connectivity index (χ1v) is 11.8. The molecule has 3 aromatic rings. The van der Waals surface area contributed by atoms with Crippen molar-refractivity contribution < 1.29 is 35.5 Å². The number of ether oxygens (including phenoxy) is 1. The Kier molecular flexibility index (Phi) is 7.34. The summed E-state index contributed by atoms with van der Waals surface area (Å²) < 4.78 is 104. The highest BCUT2D eigenvalue weighted by atomic mass is 19.4. The Labute approximate surface area is 204 Å². The molecule has 0 saturated heterocycles. The molecule has 0 spiro atoms. The van der Waals surface area contributed by atoms with Crippen molar-refractivity contribution in [1.82, 2.24) is 0 Å². The second-order valence-corrected chi connectivity index (χ2v) is 9.27. The zero-order valence-electron chi connectivity index (χ0n) is 19.8. The number of para-hydroxylation sites is 1. The SMILES string of the molecule is CC[C@H]1CC[C@H](c2c(F)cc(C)c(Oc3ccccc3-c3cc(F)c(C(F)(F)F)c(F)c3)c2F)CC1. The fourth-order valence-corrected chi connectivity index (χ4v) is 5.00. The molecular formula is C28H25F7O. The summed E-state index contributed by atoms with van der Waals surface area (Å²) in [6.45, 7) is 3.56. The first-order chi connectivity index (χ1) is 17.0. The Hall–Kier alpha value is -3.03. The highest BCUT2D eigenvalue weighted by Crippen LogP contribution is 2.44. The largest absolute Gasteiger partial charge is 0.453 e. The van der Waals surface area contributed by atoms with E-state index >= 15 is 4.39 Å². The molecule has 0 bridgehead atoms. The van der Waals surface area contributed by atoms with Crippen LogP contribution in [0, 0.1) is 36.1 Å². The molecule has 1 nitrogen and oxygen atoms in total.